The van der Waals surface area contributed by atoms with Crippen molar-refractivity contribution in [3.05, 3.63) is 59.7 Å². The lowest BCUT2D eigenvalue weighted by Gasteiger charge is -2.32. The lowest BCUT2D eigenvalue weighted by atomic mass is 9.78. The predicted octanol–water partition coefficient (Wildman–Crippen LogP) is 4.43. The van der Waals surface area contributed by atoms with E-state index >= 15 is 0 Å². The molecular weight excluding hydrogens is 311 g/mol. The van der Waals surface area contributed by atoms with Crippen molar-refractivity contribution in [2.24, 2.45) is 0 Å². The summed E-state index contributed by atoms with van der Waals surface area (Å²) in [6, 6.07) is 16.4. The van der Waals surface area contributed by atoms with Crippen LogP contribution in [0.25, 0.3) is 0 Å². The van der Waals surface area contributed by atoms with Gasteiger partial charge in [-0.1, -0.05) is 42.5 Å². The summed E-state index contributed by atoms with van der Waals surface area (Å²) >= 11 is 0. The van der Waals surface area contributed by atoms with Crippen molar-refractivity contribution in [3.63, 3.8) is 0 Å². The second kappa shape index (κ2) is 6.51. The van der Waals surface area contributed by atoms with E-state index in [0.29, 0.717) is 0 Å². The highest BCUT2D eigenvalue weighted by Crippen LogP contribution is 2.36. The maximum absolute atomic E-state index is 6.15. The fourth-order valence-electron chi connectivity index (χ4n) is 2.91. The second-order valence-corrected chi connectivity index (χ2v) is 7.78. The zero-order chi connectivity index (χ0) is 18.2. The van der Waals surface area contributed by atoms with Crippen molar-refractivity contribution in [1.29, 1.82) is 0 Å². The molecule has 2 aromatic carbocycles. The zero-order valence-electron chi connectivity index (χ0n) is 16.0. The van der Waals surface area contributed by atoms with Gasteiger partial charge in [-0.2, -0.15) is 0 Å². The molecule has 0 N–H and O–H groups in total. The van der Waals surface area contributed by atoms with Crippen molar-refractivity contribution in [2.75, 3.05) is 0 Å². The average Bonchev–Trinajstić information content (AvgIpc) is 2.78. The van der Waals surface area contributed by atoms with Crippen molar-refractivity contribution in [1.82, 2.24) is 0 Å². The van der Waals surface area contributed by atoms with E-state index in [4.69, 9.17) is 14.0 Å². The monoisotopic (exact) mass is 338 g/mol. The Morgan fingerprint density at radius 3 is 2.08 bits per heavy atom. The average molecular weight is 338 g/mol. The van der Waals surface area contributed by atoms with Gasteiger partial charge in [-0.25, -0.2) is 0 Å². The normalized spacial score (nSPS) is 19.7. The zero-order valence-corrected chi connectivity index (χ0v) is 16.0. The summed E-state index contributed by atoms with van der Waals surface area (Å²) in [6.07, 6.45) is 0.00240. The Balaban J connectivity index is 1.76. The van der Waals surface area contributed by atoms with E-state index in [-0.39, 0.29) is 24.4 Å². The Morgan fingerprint density at radius 1 is 0.920 bits per heavy atom. The van der Waals surface area contributed by atoms with Crippen LogP contribution in [0.2, 0.25) is 0 Å². The van der Waals surface area contributed by atoms with E-state index in [2.05, 4.69) is 59.7 Å². The molecule has 3 nitrogen and oxygen atoms in total. The molecule has 2 aromatic rings. The minimum atomic E-state index is -0.343. The summed E-state index contributed by atoms with van der Waals surface area (Å²) in [5.74, 6) is 0.886. The molecule has 0 spiro atoms. The minimum Gasteiger partial charge on any atom is -0.486 e. The quantitative estimate of drug-likeness (QED) is 0.772. The second-order valence-electron chi connectivity index (χ2n) is 7.78. The first kappa shape index (κ1) is 18.0. The van der Waals surface area contributed by atoms with Crippen LogP contribution in [-0.4, -0.2) is 18.3 Å². The molecule has 0 saturated carbocycles. The molecule has 1 fully saturated rings. The molecule has 1 heterocycles. The summed E-state index contributed by atoms with van der Waals surface area (Å²) in [5, 5.41) is 0. The largest absolute Gasteiger partial charge is 0.494 e. The number of hydrogen-bond acceptors (Lipinski definition) is 3. The van der Waals surface area contributed by atoms with E-state index in [1.807, 2.05) is 30.3 Å². The first-order chi connectivity index (χ1) is 11.7. The van der Waals surface area contributed by atoms with Crippen LogP contribution in [0.4, 0.5) is 0 Å². The summed E-state index contributed by atoms with van der Waals surface area (Å²) in [6.45, 7) is 12.4. The van der Waals surface area contributed by atoms with Gasteiger partial charge in [0.2, 0.25) is 0 Å². The fourth-order valence-corrected chi connectivity index (χ4v) is 2.91. The molecule has 0 radical (unpaired) electrons. The van der Waals surface area contributed by atoms with Crippen molar-refractivity contribution in [3.8, 4) is 5.75 Å². The topological polar surface area (TPSA) is 27.7 Å². The van der Waals surface area contributed by atoms with Crippen molar-refractivity contribution >= 4 is 12.6 Å². The molecule has 3 rings (SSSR count). The molecular formula is C21H27BO3. The number of aryl methyl sites for hydroxylation is 1. The molecule has 0 bridgehead atoms. The predicted molar refractivity (Wildman–Crippen MR) is 102 cm³/mol. The number of hydrogen-bond donors (Lipinski definition) is 0. The van der Waals surface area contributed by atoms with Gasteiger partial charge in [-0.05, 0) is 64.2 Å². The van der Waals surface area contributed by atoms with E-state index < -0.39 is 0 Å². The van der Waals surface area contributed by atoms with Crippen LogP contribution in [0.3, 0.4) is 0 Å². The van der Waals surface area contributed by atoms with Crippen LogP contribution in [0.1, 0.15) is 51.8 Å². The fraction of sp³-hybridized carbons (Fsp3) is 0.429. The molecule has 0 amide bonds. The first-order valence-corrected chi connectivity index (χ1v) is 8.87. The van der Waals surface area contributed by atoms with Gasteiger partial charge in [0.15, 0.2) is 0 Å². The molecule has 1 aliphatic rings. The van der Waals surface area contributed by atoms with Crippen LogP contribution < -0.4 is 10.2 Å². The Hall–Kier alpha value is -1.78. The van der Waals surface area contributed by atoms with E-state index in [1.165, 1.54) is 0 Å². The van der Waals surface area contributed by atoms with E-state index in [9.17, 15) is 0 Å². The van der Waals surface area contributed by atoms with Gasteiger partial charge in [0, 0.05) is 0 Å². The molecule has 132 valence electrons. The van der Waals surface area contributed by atoms with Crippen molar-refractivity contribution < 1.29 is 14.0 Å². The van der Waals surface area contributed by atoms with Gasteiger partial charge in [0.25, 0.3) is 0 Å². The van der Waals surface area contributed by atoms with Crippen LogP contribution in [0.15, 0.2) is 48.5 Å². The van der Waals surface area contributed by atoms with Gasteiger partial charge in [-0.15, -0.1) is 0 Å². The molecule has 1 saturated heterocycles. The summed E-state index contributed by atoms with van der Waals surface area (Å²) in [7, 11) is -0.343. The van der Waals surface area contributed by atoms with Crippen LogP contribution in [-0.2, 0) is 9.31 Å². The van der Waals surface area contributed by atoms with Crippen LogP contribution in [0, 0.1) is 6.92 Å². The molecule has 0 unspecified atom stereocenters. The molecule has 1 aliphatic heterocycles. The number of rotatable bonds is 4. The summed E-state index contributed by atoms with van der Waals surface area (Å²) in [5.41, 5.74) is 2.60. The smallest absolute Gasteiger partial charge is 0.486 e. The molecule has 0 aliphatic carbocycles. The van der Waals surface area contributed by atoms with Gasteiger partial charge >= 0.3 is 7.12 Å². The third-order valence-corrected chi connectivity index (χ3v) is 5.30. The van der Waals surface area contributed by atoms with Gasteiger partial charge < -0.3 is 14.0 Å². The molecule has 25 heavy (non-hydrogen) atoms. The van der Waals surface area contributed by atoms with Gasteiger partial charge in [0.05, 0.1) is 11.2 Å². The lowest BCUT2D eigenvalue weighted by Crippen LogP contribution is -2.41. The standard InChI is InChI=1S/C21H27BO3/c1-15-14-18(22-24-20(3,4)21(5,6)25-22)12-13-19(15)23-16(2)17-10-8-7-9-11-17/h7-14,16H,1-6H3/t16-/m0/s1. The highest BCUT2D eigenvalue weighted by molar-refractivity contribution is 6.62. The lowest BCUT2D eigenvalue weighted by molar-refractivity contribution is 0.00578. The third-order valence-electron chi connectivity index (χ3n) is 5.30. The maximum Gasteiger partial charge on any atom is 0.494 e. The Morgan fingerprint density at radius 2 is 1.52 bits per heavy atom. The van der Waals surface area contributed by atoms with Crippen LogP contribution in [0.5, 0.6) is 5.75 Å². The highest BCUT2D eigenvalue weighted by atomic mass is 16.7. The molecule has 1 atom stereocenters. The SMILES string of the molecule is Cc1cc(B2OC(C)(C)C(C)(C)O2)ccc1O[C@@H](C)c1ccccc1. The third kappa shape index (κ3) is 3.60. The maximum atomic E-state index is 6.15. The number of benzene rings is 2. The minimum absolute atomic E-state index is 0.00240. The highest BCUT2D eigenvalue weighted by Gasteiger charge is 2.51. The Labute approximate surface area is 151 Å². The number of ether oxygens (including phenoxy) is 1. The van der Waals surface area contributed by atoms with Crippen molar-refractivity contribution in [2.45, 2.75) is 58.8 Å². The summed E-state index contributed by atoms with van der Waals surface area (Å²) in [4.78, 5) is 0. The van der Waals surface area contributed by atoms with Crippen LogP contribution >= 0.6 is 0 Å². The molecule has 4 heteroatoms. The van der Waals surface area contributed by atoms with E-state index in [0.717, 1.165) is 22.3 Å². The summed E-state index contributed by atoms with van der Waals surface area (Å²) < 4.78 is 18.4. The van der Waals surface area contributed by atoms with Gasteiger partial charge in [0.1, 0.15) is 11.9 Å². The first-order valence-electron chi connectivity index (χ1n) is 8.87. The van der Waals surface area contributed by atoms with Gasteiger partial charge in [-0.3, -0.25) is 0 Å². The Kier molecular flexibility index (Phi) is 4.69. The Bertz CT molecular complexity index is 724. The molecule has 0 aromatic heterocycles. The van der Waals surface area contributed by atoms with E-state index in [1.54, 1.807) is 0 Å².